The molecule has 0 spiro atoms. The fourth-order valence-corrected chi connectivity index (χ4v) is 4.81. The largest absolute Gasteiger partial charge is 0.490 e. The molecule has 0 amide bonds. The van der Waals surface area contributed by atoms with Crippen LogP contribution in [0.25, 0.3) is 22.9 Å². The highest BCUT2D eigenvalue weighted by atomic mass is 16.5. The van der Waals surface area contributed by atoms with Crippen molar-refractivity contribution in [3.05, 3.63) is 41.1 Å². The highest BCUT2D eigenvalue weighted by molar-refractivity contribution is 5.63. The van der Waals surface area contributed by atoms with Crippen LogP contribution >= 0.6 is 0 Å². The maximum atomic E-state index is 10.3. The van der Waals surface area contributed by atoms with Crippen LogP contribution in [0.15, 0.2) is 28.7 Å². The lowest BCUT2D eigenvalue weighted by atomic mass is 10.0. The van der Waals surface area contributed by atoms with Gasteiger partial charge in [-0.05, 0) is 55.5 Å². The van der Waals surface area contributed by atoms with E-state index in [1.807, 2.05) is 38.1 Å². The molecule has 206 valence electrons. The van der Waals surface area contributed by atoms with E-state index >= 15 is 0 Å². The van der Waals surface area contributed by atoms with Gasteiger partial charge in [0.15, 0.2) is 0 Å². The molecule has 0 radical (unpaired) electrons. The third-order valence-corrected chi connectivity index (χ3v) is 6.96. The molecule has 1 saturated carbocycles. The molecule has 10 heteroatoms. The lowest BCUT2D eigenvalue weighted by Crippen LogP contribution is -2.42. The number of aryl methyl sites for hydroxylation is 2. The highest BCUT2D eigenvalue weighted by Crippen LogP contribution is 2.37. The average Bonchev–Trinajstić information content (AvgIpc) is 3.65. The summed E-state index contributed by atoms with van der Waals surface area (Å²) in [5, 5.41) is 40.1. The van der Waals surface area contributed by atoms with Crippen LogP contribution in [0.2, 0.25) is 0 Å². The van der Waals surface area contributed by atoms with Crippen molar-refractivity contribution in [2.24, 2.45) is 0 Å². The van der Waals surface area contributed by atoms with Crippen molar-refractivity contribution in [2.75, 3.05) is 33.5 Å². The smallest absolute Gasteiger partial charge is 0.248 e. The van der Waals surface area contributed by atoms with Gasteiger partial charge in [0.2, 0.25) is 17.7 Å². The predicted octanol–water partition coefficient (Wildman–Crippen LogP) is 3.02. The van der Waals surface area contributed by atoms with Crippen molar-refractivity contribution < 1.29 is 29.2 Å². The Bertz CT molecular complexity index is 1190. The molecule has 1 fully saturated rings. The zero-order valence-corrected chi connectivity index (χ0v) is 22.3. The van der Waals surface area contributed by atoms with Crippen LogP contribution in [-0.2, 0) is 6.42 Å². The van der Waals surface area contributed by atoms with Gasteiger partial charge >= 0.3 is 0 Å². The summed E-state index contributed by atoms with van der Waals surface area (Å²) in [4.78, 5) is 4.66. The van der Waals surface area contributed by atoms with Gasteiger partial charge in [0.1, 0.15) is 18.5 Å². The first-order chi connectivity index (χ1) is 18.4. The van der Waals surface area contributed by atoms with Crippen molar-refractivity contribution in [1.82, 2.24) is 20.5 Å². The van der Waals surface area contributed by atoms with Crippen molar-refractivity contribution in [1.29, 1.82) is 0 Å². The Kier molecular flexibility index (Phi) is 9.68. The fourth-order valence-electron chi connectivity index (χ4n) is 4.81. The number of pyridine rings is 1. The van der Waals surface area contributed by atoms with E-state index < -0.39 is 12.1 Å². The standard InChI is InChI=1S/C28H38N4O6/c1-4-18-10-20(9-17(2)26(18)37-16-23(35)13-29-22(14-33)15-34)27-31-32-28(38-27)21-11-24(19-7-5-6-8-19)30-25(12-21)36-3/h9-12,19,22-23,29,33-35H,4-8,13-16H2,1-3H3. The lowest BCUT2D eigenvalue weighted by Gasteiger charge is -2.19. The molecule has 2 heterocycles. The molecule has 3 aromatic rings. The van der Waals surface area contributed by atoms with Gasteiger partial charge in [-0.1, -0.05) is 19.8 Å². The molecule has 1 unspecified atom stereocenters. The quantitative estimate of drug-likeness (QED) is 0.262. The molecule has 2 aromatic heterocycles. The van der Waals surface area contributed by atoms with Crippen molar-refractivity contribution >= 4 is 0 Å². The molecule has 0 bridgehead atoms. The van der Waals surface area contributed by atoms with Gasteiger partial charge < -0.3 is 34.5 Å². The Morgan fingerprint density at radius 1 is 1.05 bits per heavy atom. The Hall–Kier alpha value is -3.05. The molecule has 38 heavy (non-hydrogen) atoms. The van der Waals surface area contributed by atoms with E-state index in [0.29, 0.717) is 35.7 Å². The first-order valence-corrected chi connectivity index (χ1v) is 13.2. The van der Waals surface area contributed by atoms with E-state index in [9.17, 15) is 5.11 Å². The summed E-state index contributed by atoms with van der Waals surface area (Å²) in [5.41, 5.74) is 4.42. The van der Waals surface area contributed by atoms with E-state index in [1.165, 1.54) is 12.8 Å². The van der Waals surface area contributed by atoms with Gasteiger partial charge in [0.25, 0.3) is 0 Å². The van der Waals surface area contributed by atoms with Crippen molar-refractivity contribution in [3.63, 3.8) is 0 Å². The molecule has 0 aliphatic heterocycles. The SMILES string of the molecule is CCc1cc(-c2nnc(-c3cc(OC)nc(C4CCCC4)c3)o2)cc(C)c1OCC(O)CNC(CO)CO. The third-order valence-electron chi connectivity index (χ3n) is 6.96. The number of aliphatic hydroxyl groups excluding tert-OH is 3. The van der Waals surface area contributed by atoms with Crippen LogP contribution < -0.4 is 14.8 Å². The maximum absolute atomic E-state index is 10.3. The molecule has 1 atom stereocenters. The van der Waals surface area contributed by atoms with Gasteiger partial charge in [-0.3, -0.25) is 0 Å². The Labute approximate surface area is 223 Å². The molecule has 1 aromatic carbocycles. The Morgan fingerprint density at radius 3 is 2.37 bits per heavy atom. The van der Waals surface area contributed by atoms with Crippen LogP contribution in [-0.4, -0.2) is 76.1 Å². The predicted molar refractivity (Wildman–Crippen MR) is 142 cm³/mol. The molecule has 4 N–H and O–H groups in total. The van der Waals surface area contributed by atoms with Crippen LogP contribution in [0.3, 0.4) is 0 Å². The first-order valence-electron chi connectivity index (χ1n) is 13.2. The fraction of sp³-hybridized carbons (Fsp3) is 0.536. The summed E-state index contributed by atoms with van der Waals surface area (Å²) in [6, 6.07) is 7.27. The number of nitrogens with one attached hydrogen (secondary N) is 1. The van der Waals surface area contributed by atoms with E-state index in [4.69, 9.17) is 24.1 Å². The van der Waals surface area contributed by atoms with Crippen LogP contribution in [0, 0.1) is 6.92 Å². The number of hydrogen-bond acceptors (Lipinski definition) is 10. The summed E-state index contributed by atoms with van der Waals surface area (Å²) in [6.07, 6.45) is 4.59. The monoisotopic (exact) mass is 526 g/mol. The van der Waals surface area contributed by atoms with E-state index in [0.717, 1.165) is 40.8 Å². The Morgan fingerprint density at radius 2 is 1.74 bits per heavy atom. The Balaban J connectivity index is 1.51. The van der Waals surface area contributed by atoms with E-state index in [-0.39, 0.29) is 26.4 Å². The number of hydrogen-bond donors (Lipinski definition) is 4. The number of nitrogens with zero attached hydrogens (tertiary/aromatic N) is 3. The van der Waals surface area contributed by atoms with Gasteiger partial charge in [0.05, 0.1) is 26.4 Å². The maximum Gasteiger partial charge on any atom is 0.248 e. The molecular formula is C28H38N4O6. The van der Waals surface area contributed by atoms with Gasteiger partial charge in [-0.25, -0.2) is 4.98 Å². The molecule has 1 aliphatic rings. The van der Waals surface area contributed by atoms with Crippen LogP contribution in [0.1, 0.15) is 55.3 Å². The minimum Gasteiger partial charge on any atom is -0.490 e. The minimum atomic E-state index is -0.802. The molecular weight excluding hydrogens is 488 g/mol. The zero-order chi connectivity index (χ0) is 27.1. The number of benzene rings is 1. The summed E-state index contributed by atoms with van der Waals surface area (Å²) < 4.78 is 17.5. The second-order valence-corrected chi connectivity index (χ2v) is 9.79. The van der Waals surface area contributed by atoms with E-state index in [2.05, 4.69) is 20.5 Å². The van der Waals surface area contributed by atoms with Crippen LogP contribution in [0.4, 0.5) is 0 Å². The molecule has 4 rings (SSSR count). The number of methoxy groups -OCH3 is 1. The number of aromatic nitrogens is 3. The van der Waals surface area contributed by atoms with Gasteiger partial charge in [-0.15, -0.1) is 10.2 Å². The topological polar surface area (TPSA) is 143 Å². The van der Waals surface area contributed by atoms with Crippen LogP contribution in [0.5, 0.6) is 11.6 Å². The summed E-state index contributed by atoms with van der Waals surface area (Å²) in [6.45, 7) is 3.81. The first kappa shape index (κ1) is 28.0. The summed E-state index contributed by atoms with van der Waals surface area (Å²) in [7, 11) is 1.61. The molecule has 0 saturated heterocycles. The summed E-state index contributed by atoms with van der Waals surface area (Å²) in [5.74, 6) is 2.49. The second-order valence-electron chi connectivity index (χ2n) is 9.79. The van der Waals surface area contributed by atoms with Gasteiger partial charge in [-0.2, -0.15) is 0 Å². The van der Waals surface area contributed by atoms with Crippen molar-refractivity contribution in [2.45, 2.75) is 64.0 Å². The third kappa shape index (κ3) is 6.68. The number of aliphatic hydroxyl groups is 3. The highest BCUT2D eigenvalue weighted by Gasteiger charge is 2.22. The molecule has 10 nitrogen and oxygen atoms in total. The normalized spacial score (nSPS) is 14.8. The summed E-state index contributed by atoms with van der Waals surface area (Å²) >= 11 is 0. The second kappa shape index (κ2) is 13.1. The molecule has 1 aliphatic carbocycles. The minimum absolute atomic E-state index is 0.0711. The number of rotatable bonds is 13. The zero-order valence-electron chi connectivity index (χ0n) is 22.3. The average molecular weight is 527 g/mol. The van der Waals surface area contributed by atoms with Gasteiger partial charge in [0, 0.05) is 35.3 Å². The van der Waals surface area contributed by atoms with E-state index in [1.54, 1.807) is 7.11 Å². The van der Waals surface area contributed by atoms with Crippen molar-refractivity contribution in [3.8, 4) is 34.5 Å². The number of ether oxygens (including phenoxy) is 2. The lowest BCUT2D eigenvalue weighted by molar-refractivity contribution is 0.0923.